The van der Waals surface area contributed by atoms with Gasteiger partial charge in [0, 0.05) is 18.5 Å². The quantitative estimate of drug-likeness (QED) is 0.811. The van der Waals surface area contributed by atoms with Crippen LogP contribution in [-0.4, -0.2) is 29.7 Å². The molecule has 1 fully saturated rings. The fraction of sp³-hybridized carbons (Fsp3) is 0.250. The number of nitrogens with one attached hydrogen (secondary N) is 1. The smallest absolute Gasteiger partial charge is 0.229 e. The van der Waals surface area contributed by atoms with Gasteiger partial charge in [0.2, 0.25) is 17.7 Å². The number of carbonyl (C=O) groups is 3. The van der Waals surface area contributed by atoms with E-state index in [1.807, 2.05) is 36.4 Å². The molecule has 0 unspecified atom stereocenters. The summed E-state index contributed by atoms with van der Waals surface area (Å²) in [6.45, 7) is 0.276. The number of anilines is 1. The van der Waals surface area contributed by atoms with E-state index in [2.05, 4.69) is 5.32 Å². The first-order chi connectivity index (χ1) is 12.5. The second-order valence-electron chi connectivity index (χ2n) is 6.14. The number of carbonyl (C=O) groups excluding carboxylic acids is 3. The molecule has 1 saturated heterocycles. The number of amides is 3. The average Bonchev–Trinajstić information content (AvgIpc) is 2.96. The van der Waals surface area contributed by atoms with E-state index in [1.165, 1.54) is 4.90 Å². The van der Waals surface area contributed by atoms with Gasteiger partial charge in [0.25, 0.3) is 0 Å². The second-order valence-corrected chi connectivity index (χ2v) is 6.14. The van der Waals surface area contributed by atoms with E-state index in [-0.39, 0.29) is 30.7 Å². The van der Waals surface area contributed by atoms with Crippen LogP contribution in [0.2, 0.25) is 0 Å². The summed E-state index contributed by atoms with van der Waals surface area (Å²) in [5.74, 6) is 0.367. The molecule has 3 rings (SSSR count). The first-order valence-corrected chi connectivity index (χ1v) is 8.40. The van der Waals surface area contributed by atoms with Crippen LogP contribution >= 0.6 is 0 Å². The zero-order valence-electron chi connectivity index (χ0n) is 14.5. The number of hydrogen-bond donors (Lipinski definition) is 1. The lowest BCUT2D eigenvalue weighted by atomic mass is 10.1. The van der Waals surface area contributed by atoms with Gasteiger partial charge in [-0.1, -0.05) is 24.3 Å². The molecule has 0 bridgehead atoms. The van der Waals surface area contributed by atoms with Crippen LogP contribution in [0.4, 0.5) is 5.69 Å². The lowest BCUT2D eigenvalue weighted by molar-refractivity contribution is -0.139. The number of imide groups is 1. The summed E-state index contributed by atoms with van der Waals surface area (Å²) in [7, 11) is 1.60. The molecular formula is C20H20N2O4. The van der Waals surface area contributed by atoms with Crippen LogP contribution in [0.25, 0.3) is 0 Å². The highest BCUT2D eigenvalue weighted by Gasteiger charge is 2.28. The molecule has 26 heavy (non-hydrogen) atoms. The van der Waals surface area contributed by atoms with Crippen LogP contribution in [-0.2, 0) is 27.3 Å². The molecule has 1 heterocycles. The van der Waals surface area contributed by atoms with Gasteiger partial charge in [-0.05, 0) is 35.4 Å². The van der Waals surface area contributed by atoms with Gasteiger partial charge in [-0.3, -0.25) is 19.3 Å². The Morgan fingerprint density at radius 3 is 2.12 bits per heavy atom. The van der Waals surface area contributed by atoms with E-state index in [1.54, 1.807) is 19.2 Å². The number of methoxy groups -OCH3 is 1. The van der Waals surface area contributed by atoms with Gasteiger partial charge >= 0.3 is 0 Å². The van der Waals surface area contributed by atoms with E-state index in [0.717, 1.165) is 16.9 Å². The van der Waals surface area contributed by atoms with E-state index in [0.29, 0.717) is 18.5 Å². The Bertz CT molecular complexity index is 797. The van der Waals surface area contributed by atoms with Crippen molar-refractivity contribution in [2.24, 2.45) is 0 Å². The van der Waals surface area contributed by atoms with E-state index in [4.69, 9.17) is 4.74 Å². The summed E-state index contributed by atoms with van der Waals surface area (Å²) in [6, 6.07) is 14.5. The van der Waals surface area contributed by atoms with Crippen molar-refractivity contribution < 1.29 is 19.1 Å². The minimum absolute atomic E-state index is 0.118. The zero-order chi connectivity index (χ0) is 18.5. The highest BCUT2D eigenvalue weighted by atomic mass is 16.5. The molecule has 1 aliphatic heterocycles. The number of ether oxygens (including phenoxy) is 1. The molecule has 2 aromatic carbocycles. The molecule has 0 spiro atoms. The number of likely N-dealkylation sites (tertiary alicyclic amines) is 1. The van der Waals surface area contributed by atoms with Crippen LogP contribution < -0.4 is 10.1 Å². The molecule has 3 amide bonds. The van der Waals surface area contributed by atoms with Crippen LogP contribution in [0.5, 0.6) is 5.75 Å². The molecule has 6 heteroatoms. The third-order valence-electron chi connectivity index (χ3n) is 4.26. The van der Waals surface area contributed by atoms with Crippen molar-refractivity contribution in [1.29, 1.82) is 0 Å². The van der Waals surface area contributed by atoms with E-state index < -0.39 is 0 Å². The van der Waals surface area contributed by atoms with Crippen molar-refractivity contribution in [3.05, 3.63) is 59.7 Å². The summed E-state index contributed by atoms with van der Waals surface area (Å²) in [5.41, 5.74) is 2.42. The van der Waals surface area contributed by atoms with Crippen LogP contribution in [0.15, 0.2) is 48.5 Å². The molecule has 0 aromatic heterocycles. The van der Waals surface area contributed by atoms with Gasteiger partial charge in [-0.15, -0.1) is 0 Å². The minimum atomic E-state index is -0.133. The van der Waals surface area contributed by atoms with Crippen molar-refractivity contribution >= 4 is 23.4 Å². The Hall–Kier alpha value is -3.15. The van der Waals surface area contributed by atoms with Crippen molar-refractivity contribution in [3.8, 4) is 5.75 Å². The number of hydrogen-bond acceptors (Lipinski definition) is 4. The summed E-state index contributed by atoms with van der Waals surface area (Å²) in [4.78, 5) is 36.7. The van der Waals surface area contributed by atoms with Crippen LogP contribution in [0.1, 0.15) is 24.0 Å². The van der Waals surface area contributed by atoms with Crippen LogP contribution in [0.3, 0.4) is 0 Å². The third kappa shape index (κ3) is 4.27. The van der Waals surface area contributed by atoms with Gasteiger partial charge in [-0.2, -0.15) is 0 Å². The average molecular weight is 352 g/mol. The molecule has 0 radical (unpaired) electrons. The summed E-state index contributed by atoms with van der Waals surface area (Å²) < 4.78 is 5.10. The fourth-order valence-corrected chi connectivity index (χ4v) is 2.81. The van der Waals surface area contributed by atoms with Crippen molar-refractivity contribution in [2.75, 3.05) is 12.4 Å². The van der Waals surface area contributed by atoms with Gasteiger partial charge < -0.3 is 10.1 Å². The summed E-state index contributed by atoms with van der Waals surface area (Å²) >= 11 is 0. The Kier molecular flexibility index (Phi) is 5.31. The lowest BCUT2D eigenvalue weighted by Crippen LogP contribution is -2.28. The highest BCUT2D eigenvalue weighted by molar-refractivity contribution is 6.01. The van der Waals surface area contributed by atoms with Gasteiger partial charge in [0.15, 0.2) is 0 Å². The maximum absolute atomic E-state index is 12.1. The number of benzene rings is 2. The predicted octanol–water partition coefficient (Wildman–Crippen LogP) is 2.53. The van der Waals surface area contributed by atoms with Crippen molar-refractivity contribution in [2.45, 2.75) is 25.8 Å². The van der Waals surface area contributed by atoms with Crippen molar-refractivity contribution in [3.63, 3.8) is 0 Å². The van der Waals surface area contributed by atoms with Gasteiger partial charge in [0.1, 0.15) is 5.75 Å². The molecule has 2 aromatic rings. The predicted molar refractivity (Wildman–Crippen MR) is 96.6 cm³/mol. The van der Waals surface area contributed by atoms with Crippen molar-refractivity contribution in [1.82, 2.24) is 4.90 Å². The van der Waals surface area contributed by atoms with E-state index in [9.17, 15) is 14.4 Å². The van der Waals surface area contributed by atoms with Gasteiger partial charge in [-0.25, -0.2) is 0 Å². The standard InChI is InChI=1S/C20H20N2O4/c1-26-17-8-4-14(5-9-17)12-18(23)21-16-6-2-15(3-7-16)13-22-19(24)10-11-20(22)25/h2-9H,10-13H2,1H3,(H,21,23). The molecule has 0 atom stereocenters. The Balaban J connectivity index is 1.55. The highest BCUT2D eigenvalue weighted by Crippen LogP contribution is 2.18. The molecule has 1 N–H and O–H groups in total. The molecule has 134 valence electrons. The van der Waals surface area contributed by atoms with Crippen LogP contribution in [0, 0.1) is 0 Å². The SMILES string of the molecule is COc1ccc(CC(=O)Nc2ccc(CN3C(=O)CCC3=O)cc2)cc1. The topological polar surface area (TPSA) is 75.7 Å². The molecule has 0 saturated carbocycles. The zero-order valence-corrected chi connectivity index (χ0v) is 14.5. The normalized spacial score (nSPS) is 13.8. The lowest BCUT2D eigenvalue weighted by Gasteiger charge is -2.14. The second kappa shape index (κ2) is 7.82. The largest absolute Gasteiger partial charge is 0.497 e. The number of rotatable bonds is 6. The Morgan fingerprint density at radius 2 is 1.54 bits per heavy atom. The van der Waals surface area contributed by atoms with E-state index >= 15 is 0 Å². The minimum Gasteiger partial charge on any atom is -0.497 e. The van der Waals surface area contributed by atoms with Gasteiger partial charge in [0.05, 0.1) is 20.1 Å². The Morgan fingerprint density at radius 1 is 0.962 bits per heavy atom. The Labute approximate surface area is 151 Å². The summed E-state index contributed by atoms with van der Waals surface area (Å²) in [5, 5.41) is 2.84. The maximum atomic E-state index is 12.1. The third-order valence-corrected chi connectivity index (χ3v) is 4.26. The maximum Gasteiger partial charge on any atom is 0.229 e. The first-order valence-electron chi connectivity index (χ1n) is 8.40. The monoisotopic (exact) mass is 352 g/mol. The number of nitrogens with zero attached hydrogens (tertiary/aromatic N) is 1. The fourth-order valence-electron chi connectivity index (χ4n) is 2.81. The molecule has 6 nitrogen and oxygen atoms in total. The molecule has 0 aliphatic carbocycles. The molecule has 1 aliphatic rings. The first kappa shape index (κ1) is 17.7. The molecular weight excluding hydrogens is 332 g/mol. The summed E-state index contributed by atoms with van der Waals surface area (Å²) in [6.07, 6.45) is 0.846.